The average molecular weight is 239 g/mol. The summed E-state index contributed by atoms with van der Waals surface area (Å²) < 4.78 is 5.40. The molecule has 0 aliphatic carbocycles. The number of nitrogens with one attached hydrogen (secondary N) is 1. The summed E-state index contributed by atoms with van der Waals surface area (Å²) in [6.07, 6.45) is 8.05. The summed E-state index contributed by atoms with van der Waals surface area (Å²) in [6.45, 7) is 0.671. The third-order valence-electron chi connectivity index (χ3n) is 2.64. The van der Waals surface area contributed by atoms with Crippen LogP contribution in [0.5, 0.6) is 0 Å². The van der Waals surface area contributed by atoms with Gasteiger partial charge in [-0.3, -0.25) is 4.79 Å². The van der Waals surface area contributed by atoms with Gasteiger partial charge in [-0.2, -0.15) is 0 Å². The highest BCUT2D eigenvalue weighted by Gasteiger charge is 2.22. The van der Waals surface area contributed by atoms with Crippen LogP contribution in [-0.2, 0) is 14.3 Å². The second-order valence-electron chi connectivity index (χ2n) is 4.06. The summed E-state index contributed by atoms with van der Waals surface area (Å²) >= 11 is 0. The van der Waals surface area contributed by atoms with Crippen LogP contribution in [0.2, 0.25) is 0 Å². The van der Waals surface area contributed by atoms with E-state index in [1.165, 1.54) is 0 Å². The fraction of sp³-hybridized carbons (Fsp3) is 0.667. The first kappa shape index (κ1) is 13.5. The van der Waals surface area contributed by atoms with Crippen LogP contribution >= 0.6 is 0 Å². The van der Waals surface area contributed by atoms with Gasteiger partial charge in [0.1, 0.15) is 6.04 Å². The molecule has 1 aliphatic rings. The molecular formula is C12H17NO4. The van der Waals surface area contributed by atoms with Crippen LogP contribution in [0.4, 0.5) is 0 Å². The second kappa shape index (κ2) is 6.92. The lowest BCUT2D eigenvalue weighted by atomic mass is 10.1. The highest BCUT2D eigenvalue weighted by atomic mass is 16.5. The van der Waals surface area contributed by atoms with Crippen molar-refractivity contribution in [1.29, 1.82) is 0 Å². The lowest BCUT2D eigenvalue weighted by Crippen LogP contribution is -2.42. The molecule has 0 aromatic rings. The molecule has 1 heterocycles. The SMILES string of the molecule is C#CC[C@H](NC(=O)C[C@H]1CCCCO1)C(=O)O. The molecule has 0 bridgehead atoms. The van der Waals surface area contributed by atoms with Gasteiger partial charge in [-0.1, -0.05) is 0 Å². The summed E-state index contributed by atoms with van der Waals surface area (Å²) in [7, 11) is 0. The summed E-state index contributed by atoms with van der Waals surface area (Å²) in [5.41, 5.74) is 0. The van der Waals surface area contributed by atoms with Gasteiger partial charge < -0.3 is 15.2 Å². The Morgan fingerprint density at radius 2 is 2.29 bits per heavy atom. The molecule has 94 valence electrons. The number of rotatable bonds is 5. The maximum Gasteiger partial charge on any atom is 0.327 e. The first-order chi connectivity index (χ1) is 8.13. The standard InChI is InChI=1S/C12H17NO4/c1-2-5-10(12(15)16)13-11(14)8-9-6-3-4-7-17-9/h1,9-10H,3-8H2,(H,13,14)(H,15,16)/t9-,10+/m1/s1. The van der Waals surface area contributed by atoms with Gasteiger partial charge in [0.15, 0.2) is 0 Å². The van der Waals surface area contributed by atoms with Crippen LogP contribution in [0, 0.1) is 12.3 Å². The average Bonchev–Trinajstić information content (AvgIpc) is 2.29. The molecule has 5 nitrogen and oxygen atoms in total. The number of hydrogen-bond acceptors (Lipinski definition) is 3. The lowest BCUT2D eigenvalue weighted by Gasteiger charge is -2.22. The van der Waals surface area contributed by atoms with E-state index in [9.17, 15) is 9.59 Å². The molecule has 17 heavy (non-hydrogen) atoms. The van der Waals surface area contributed by atoms with Gasteiger partial charge in [0.2, 0.25) is 5.91 Å². The largest absolute Gasteiger partial charge is 0.480 e. The number of carbonyl (C=O) groups excluding carboxylic acids is 1. The lowest BCUT2D eigenvalue weighted by molar-refractivity contribution is -0.142. The Labute approximate surface area is 101 Å². The Morgan fingerprint density at radius 3 is 2.82 bits per heavy atom. The number of terminal acetylenes is 1. The number of aliphatic carboxylic acids is 1. The minimum Gasteiger partial charge on any atom is -0.480 e. The molecule has 1 amide bonds. The molecule has 1 rings (SSSR count). The molecule has 0 aromatic carbocycles. The van der Waals surface area contributed by atoms with Crippen LogP contribution in [0.1, 0.15) is 32.1 Å². The van der Waals surface area contributed by atoms with Gasteiger partial charge in [0.05, 0.1) is 12.5 Å². The van der Waals surface area contributed by atoms with Gasteiger partial charge >= 0.3 is 5.97 Å². The molecule has 5 heteroatoms. The maximum absolute atomic E-state index is 11.6. The molecule has 2 N–H and O–H groups in total. The number of carboxylic acid groups (broad SMARTS) is 1. The predicted octanol–water partition coefficient (Wildman–Crippen LogP) is 0.538. The number of amides is 1. The summed E-state index contributed by atoms with van der Waals surface area (Å²) in [6, 6.07) is -1.00. The van der Waals surface area contributed by atoms with Crippen LogP contribution in [0.3, 0.4) is 0 Å². The van der Waals surface area contributed by atoms with E-state index in [2.05, 4.69) is 11.2 Å². The number of hydrogen-bond donors (Lipinski definition) is 2. The van der Waals surface area contributed by atoms with E-state index in [4.69, 9.17) is 16.3 Å². The molecule has 1 saturated heterocycles. The summed E-state index contributed by atoms with van der Waals surface area (Å²) in [4.78, 5) is 22.4. The summed E-state index contributed by atoms with van der Waals surface area (Å²) in [5.74, 6) is 0.801. The molecular weight excluding hydrogens is 222 g/mol. The first-order valence-electron chi connectivity index (χ1n) is 5.70. The zero-order valence-electron chi connectivity index (χ0n) is 9.65. The molecule has 0 spiro atoms. The highest BCUT2D eigenvalue weighted by Crippen LogP contribution is 2.15. The molecule has 2 atom stereocenters. The Hall–Kier alpha value is -1.54. The van der Waals surface area contributed by atoms with E-state index in [0.717, 1.165) is 19.3 Å². The Bertz CT molecular complexity index is 315. The van der Waals surface area contributed by atoms with Crippen molar-refractivity contribution >= 4 is 11.9 Å². The van der Waals surface area contributed by atoms with Crippen LogP contribution in [-0.4, -0.2) is 35.7 Å². The van der Waals surface area contributed by atoms with Crippen molar-refractivity contribution in [2.24, 2.45) is 0 Å². The highest BCUT2D eigenvalue weighted by molar-refractivity contribution is 5.83. The smallest absolute Gasteiger partial charge is 0.327 e. The number of ether oxygens (including phenoxy) is 1. The van der Waals surface area contributed by atoms with E-state index in [1.54, 1.807) is 0 Å². The zero-order valence-corrected chi connectivity index (χ0v) is 9.65. The van der Waals surface area contributed by atoms with Crippen molar-refractivity contribution in [3.8, 4) is 12.3 Å². The van der Waals surface area contributed by atoms with Crippen molar-refractivity contribution in [3.05, 3.63) is 0 Å². The van der Waals surface area contributed by atoms with Crippen molar-refractivity contribution < 1.29 is 19.4 Å². The molecule has 1 fully saturated rings. The maximum atomic E-state index is 11.6. The van der Waals surface area contributed by atoms with Crippen molar-refractivity contribution in [2.45, 2.75) is 44.2 Å². The van der Waals surface area contributed by atoms with Crippen molar-refractivity contribution in [1.82, 2.24) is 5.32 Å². The van der Waals surface area contributed by atoms with E-state index < -0.39 is 12.0 Å². The molecule has 0 aromatic heterocycles. The van der Waals surface area contributed by atoms with E-state index in [0.29, 0.717) is 6.61 Å². The van der Waals surface area contributed by atoms with Gasteiger partial charge in [0, 0.05) is 13.0 Å². The van der Waals surface area contributed by atoms with Crippen LogP contribution in [0.25, 0.3) is 0 Å². The Morgan fingerprint density at radius 1 is 1.53 bits per heavy atom. The Kier molecular flexibility index (Phi) is 5.50. The zero-order chi connectivity index (χ0) is 12.7. The van der Waals surface area contributed by atoms with E-state index >= 15 is 0 Å². The minimum atomic E-state index is -1.11. The van der Waals surface area contributed by atoms with Gasteiger partial charge in [-0.25, -0.2) is 4.79 Å². The van der Waals surface area contributed by atoms with Crippen molar-refractivity contribution in [2.75, 3.05) is 6.61 Å². The normalized spacial score (nSPS) is 21.2. The fourth-order valence-electron chi connectivity index (χ4n) is 1.75. The topological polar surface area (TPSA) is 75.6 Å². The third-order valence-corrected chi connectivity index (χ3v) is 2.64. The van der Waals surface area contributed by atoms with E-state index in [-0.39, 0.29) is 24.9 Å². The predicted molar refractivity (Wildman–Crippen MR) is 61.2 cm³/mol. The molecule has 0 saturated carbocycles. The Balaban J connectivity index is 2.36. The van der Waals surface area contributed by atoms with Crippen LogP contribution < -0.4 is 5.32 Å². The number of carbonyl (C=O) groups is 2. The molecule has 0 radical (unpaired) electrons. The van der Waals surface area contributed by atoms with Crippen LogP contribution in [0.15, 0.2) is 0 Å². The first-order valence-corrected chi connectivity index (χ1v) is 5.70. The van der Waals surface area contributed by atoms with E-state index in [1.807, 2.05) is 0 Å². The third kappa shape index (κ3) is 4.87. The minimum absolute atomic E-state index is 0.00734. The van der Waals surface area contributed by atoms with Gasteiger partial charge in [-0.15, -0.1) is 12.3 Å². The monoisotopic (exact) mass is 239 g/mol. The quantitative estimate of drug-likeness (QED) is 0.686. The molecule has 1 aliphatic heterocycles. The molecule has 0 unspecified atom stereocenters. The van der Waals surface area contributed by atoms with Gasteiger partial charge in [-0.05, 0) is 19.3 Å². The number of carboxylic acids is 1. The summed E-state index contributed by atoms with van der Waals surface area (Å²) in [5, 5.41) is 11.2. The van der Waals surface area contributed by atoms with Gasteiger partial charge in [0.25, 0.3) is 0 Å². The van der Waals surface area contributed by atoms with Crippen molar-refractivity contribution in [3.63, 3.8) is 0 Å². The second-order valence-corrected chi connectivity index (χ2v) is 4.06. The fourth-order valence-corrected chi connectivity index (χ4v) is 1.75.